The third kappa shape index (κ3) is 8.49. The number of hydrogen-bond donors (Lipinski definition) is 2. The molecule has 1 aromatic carbocycles. The van der Waals surface area contributed by atoms with E-state index in [0.717, 1.165) is 6.92 Å². The smallest absolute Gasteiger partial charge is 0.407 e. The predicted molar refractivity (Wildman–Crippen MR) is 123 cm³/mol. The molecule has 188 valence electrons. The van der Waals surface area contributed by atoms with E-state index in [2.05, 4.69) is 10.6 Å². The van der Waals surface area contributed by atoms with Gasteiger partial charge in [-0.05, 0) is 46.3 Å². The number of carbonyl (C=O) groups is 4. The monoisotopic (exact) mass is 480 g/mol. The molecular formula is C24H33FN2O7. The summed E-state index contributed by atoms with van der Waals surface area (Å²) in [7, 11) is 0. The van der Waals surface area contributed by atoms with Crippen LogP contribution >= 0.6 is 0 Å². The Hall–Kier alpha value is -3.43. The van der Waals surface area contributed by atoms with E-state index in [0.29, 0.717) is 0 Å². The number of alkyl carbamates (subject to hydrolysis) is 1. The highest BCUT2D eigenvalue weighted by atomic mass is 19.1. The van der Waals surface area contributed by atoms with Crippen LogP contribution in [-0.4, -0.2) is 54.8 Å². The Morgan fingerprint density at radius 3 is 2.03 bits per heavy atom. The van der Waals surface area contributed by atoms with Gasteiger partial charge < -0.3 is 24.8 Å². The van der Waals surface area contributed by atoms with Crippen LogP contribution in [0.25, 0.3) is 5.57 Å². The van der Waals surface area contributed by atoms with Gasteiger partial charge in [-0.3, -0.25) is 4.79 Å². The highest BCUT2D eigenvalue weighted by Gasteiger charge is 2.49. The maximum atomic E-state index is 14.6. The van der Waals surface area contributed by atoms with Crippen molar-refractivity contribution >= 4 is 29.5 Å². The quantitative estimate of drug-likeness (QED) is 0.300. The summed E-state index contributed by atoms with van der Waals surface area (Å²) in [6, 6.07) is 5.80. The van der Waals surface area contributed by atoms with Crippen molar-refractivity contribution < 1.29 is 37.8 Å². The van der Waals surface area contributed by atoms with Crippen LogP contribution in [-0.2, 0) is 28.6 Å². The number of nitrogens with one attached hydrogen (secondary N) is 2. The van der Waals surface area contributed by atoms with Crippen LogP contribution in [0, 0.1) is 5.82 Å². The molecule has 10 heteroatoms. The summed E-state index contributed by atoms with van der Waals surface area (Å²) in [5.41, 5.74) is -2.57. The van der Waals surface area contributed by atoms with Crippen LogP contribution in [0.1, 0.15) is 53.5 Å². The molecule has 1 aromatic rings. The molecule has 0 aliphatic carbocycles. The summed E-state index contributed by atoms with van der Waals surface area (Å²) in [6.45, 7) is 9.03. The van der Waals surface area contributed by atoms with Gasteiger partial charge in [0.05, 0.1) is 13.2 Å². The van der Waals surface area contributed by atoms with Crippen LogP contribution in [0.4, 0.5) is 9.18 Å². The Balaban J connectivity index is 3.45. The second-order valence-electron chi connectivity index (χ2n) is 8.30. The standard InChI is InChI=1S/C24H33FN2O7/c1-7-32-20(29)24(27-16(3)28,21(30)33-8-2)14-13-17(18-11-9-10-12-19(18)25)15-26-22(31)34-23(4,5)6/h9-13H,7-8,14-15H2,1-6H3,(H,26,31)(H,27,28)/b17-13+. The fourth-order valence-corrected chi connectivity index (χ4v) is 2.97. The number of esters is 2. The molecule has 0 saturated heterocycles. The largest absolute Gasteiger partial charge is 0.464 e. The summed E-state index contributed by atoms with van der Waals surface area (Å²) in [5, 5.41) is 4.88. The third-order valence-electron chi connectivity index (χ3n) is 4.33. The Morgan fingerprint density at radius 2 is 1.56 bits per heavy atom. The van der Waals surface area contributed by atoms with Gasteiger partial charge >= 0.3 is 18.0 Å². The maximum absolute atomic E-state index is 14.6. The minimum Gasteiger partial charge on any atom is -0.464 e. The van der Waals surface area contributed by atoms with E-state index in [4.69, 9.17) is 14.2 Å². The lowest BCUT2D eigenvalue weighted by Gasteiger charge is -2.29. The predicted octanol–water partition coefficient (Wildman–Crippen LogP) is 3.13. The highest BCUT2D eigenvalue weighted by molar-refractivity contribution is 6.08. The number of halogens is 1. The number of amides is 2. The number of hydrogen-bond acceptors (Lipinski definition) is 7. The molecular weight excluding hydrogens is 447 g/mol. The van der Waals surface area contributed by atoms with Gasteiger partial charge in [0, 0.05) is 25.5 Å². The first kappa shape index (κ1) is 28.6. The van der Waals surface area contributed by atoms with E-state index < -0.39 is 47.3 Å². The maximum Gasteiger partial charge on any atom is 0.407 e. The Bertz CT molecular complexity index is 904. The molecule has 0 aliphatic heterocycles. The number of rotatable bonds is 10. The number of benzene rings is 1. The zero-order valence-electron chi connectivity index (χ0n) is 20.5. The fraction of sp³-hybridized carbons (Fsp3) is 0.500. The Labute approximate surface area is 199 Å². The van der Waals surface area contributed by atoms with Gasteiger partial charge in [-0.1, -0.05) is 24.3 Å². The molecule has 0 atom stereocenters. The van der Waals surface area contributed by atoms with Crippen molar-refractivity contribution in [2.45, 2.75) is 59.1 Å². The van der Waals surface area contributed by atoms with Gasteiger partial charge in [0.15, 0.2) is 0 Å². The lowest BCUT2D eigenvalue weighted by molar-refractivity contribution is -0.167. The topological polar surface area (TPSA) is 120 Å². The molecule has 0 heterocycles. The van der Waals surface area contributed by atoms with Crippen molar-refractivity contribution in [3.8, 4) is 0 Å². The average Bonchev–Trinajstić information content (AvgIpc) is 2.72. The van der Waals surface area contributed by atoms with E-state index in [1.165, 1.54) is 24.3 Å². The van der Waals surface area contributed by atoms with Crippen LogP contribution in [0.2, 0.25) is 0 Å². The van der Waals surface area contributed by atoms with Crippen molar-refractivity contribution in [1.29, 1.82) is 0 Å². The van der Waals surface area contributed by atoms with E-state index in [-0.39, 0.29) is 30.9 Å². The Kier molecular flexibility index (Phi) is 10.7. The summed E-state index contributed by atoms with van der Waals surface area (Å²) >= 11 is 0. The summed E-state index contributed by atoms with van der Waals surface area (Å²) in [4.78, 5) is 49.7. The van der Waals surface area contributed by atoms with Crippen molar-refractivity contribution in [3.63, 3.8) is 0 Å². The van der Waals surface area contributed by atoms with Crippen LogP contribution < -0.4 is 10.6 Å². The first-order chi connectivity index (χ1) is 15.9. The lowest BCUT2D eigenvalue weighted by atomic mass is 9.92. The van der Waals surface area contributed by atoms with Gasteiger partial charge in [-0.15, -0.1) is 0 Å². The molecule has 9 nitrogen and oxygen atoms in total. The SMILES string of the molecule is CCOC(=O)C(C/C=C(\CNC(=O)OC(C)(C)C)c1ccccc1F)(NC(C)=O)C(=O)OCC. The van der Waals surface area contributed by atoms with Gasteiger partial charge in [0.25, 0.3) is 0 Å². The van der Waals surface area contributed by atoms with E-state index >= 15 is 0 Å². The molecule has 0 radical (unpaired) electrons. The fourth-order valence-electron chi connectivity index (χ4n) is 2.97. The minimum atomic E-state index is -2.19. The summed E-state index contributed by atoms with van der Waals surface area (Å²) < 4.78 is 29.9. The van der Waals surface area contributed by atoms with Crippen molar-refractivity contribution in [2.75, 3.05) is 19.8 Å². The molecule has 0 unspecified atom stereocenters. The second-order valence-corrected chi connectivity index (χ2v) is 8.30. The molecule has 0 bridgehead atoms. The second kappa shape index (κ2) is 12.7. The Morgan fingerprint density at radius 1 is 1.00 bits per heavy atom. The zero-order chi connectivity index (χ0) is 25.9. The highest BCUT2D eigenvalue weighted by Crippen LogP contribution is 2.24. The zero-order valence-corrected chi connectivity index (χ0v) is 20.5. The minimum absolute atomic E-state index is 0.0519. The molecule has 0 spiro atoms. The first-order valence-corrected chi connectivity index (χ1v) is 10.9. The average molecular weight is 481 g/mol. The van der Waals surface area contributed by atoms with E-state index in [1.54, 1.807) is 40.7 Å². The van der Waals surface area contributed by atoms with E-state index in [1.807, 2.05) is 0 Å². The normalized spacial score (nSPS) is 11.9. The van der Waals surface area contributed by atoms with Crippen molar-refractivity contribution in [2.24, 2.45) is 0 Å². The molecule has 0 fully saturated rings. The molecule has 2 N–H and O–H groups in total. The van der Waals surface area contributed by atoms with Crippen LogP contribution in [0.5, 0.6) is 0 Å². The molecule has 2 amide bonds. The van der Waals surface area contributed by atoms with Gasteiger partial charge in [-0.2, -0.15) is 0 Å². The summed E-state index contributed by atoms with van der Waals surface area (Å²) in [5.74, 6) is -3.30. The molecule has 0 aromatic heterocycles. The summed E-state index contributed by atoms with van der Waals surface area (Å²) in [6.07, 6.45) is 0.224. The van der Waals surface area contributed by atoms with Gasteiger partial charge in [0.1, 0.15) is 11.4 Å². The van der Waals surface area contributed by atoms with Crippen molar-refractivity contribution in [1.82, 2.24) is 10.6 Å². The van der Waals surface area contributed by atoms with Gasteiger partial charge in [-0.25, -0.2) is 18.8 Å². The molecule has 0 saturated carbocycles. The molecule has 1 rings (SSSR count). The number of carbonyl (C=O) groups excluding carboxylic acids is 4. The molecule has 0 aliphatic rings. The molecule has 34 heavy (non-hydrogen) atoms. The van der Waals surface area contributed by atoms with Crippen molar-refractivity contribution in [3.05, 3.63) is 41.7 Å². The van der Waals surface area contributed by atoms with Crippen LogP contribution in [0.3, 0.4) is 0 Å². The first-order valence-electron chi connectivity index (χ1n) is 10.9. The van der Waals surface area contributed by atoms with Gasteiger partial charge in [0.2, 0.25) is 11.4 Å². The number of ether oxygens (including phenoxy) is 3. The van der Waals surface area contributed by atoms with E-state index in [9.17, 15) is 23.6 Å². The lowest BCUT2D eigenvalue weighted by Crippen LogP contribution is -2.60. The van der Waals surface area contributed by atoms with Crippen LogP contribution in [0.15, 0.2) is 30.3 Å². The third-order valence-corrected chi connectivity index (χ3v) is 4.33.